The Morgan fingerprint density at radius 3 is 3.00 bits per heavy atom. The first-order chi connectivity index (χ1) is 11.4. The number of likely N-dealkylation sites (tertiary alicyclic amines) is 1. The number of hydrogen-bond donors (Lipinski definition) is 0. The van der Waals surface area contributed by atoms with E-state index in [9.17, 15) is 0 Å². The van der Waals surface area contributed by atoms with Crippen LogP contribution in [0.1, 0.15) is 18.5 Å². The fraction of sp³-hybridized carbons (Fsp3) is 0.588. The average Bonchev–Trinajstić information content (AvgIpc) is 3.27. The molecule has 2 aromatic rings. The van der Waals surface area contributed by atoms with E-state index in [4.69, 9.17) is 4.74 Å². The molecule has 1 atom stereocenters. The SMILES string of the molecule is c1cc(CN2CCCC(N3CCOCC3)C2)n(-c2nccs2)c1. The van der Waals surface area contributed by atoms with E-state index < -0.39 is 0 Å². The molecule has 5 nitrogen and oxygen atoms in total. The summed E-state index contributed by atoms with van der Waals surface area (Å²) >= 11 is 1.69. The predicted octanol–water partition coefficient (Wildman–Crippen LogP) is 2.23. The summed E-state index contributed by atoms with van der Waals surface area (Å²) < 4.78 is 7.72. The molecule has 0 amide bonds. The molecule has 0 aliphatic carbocycles. The summed E-state index contributed by atoms with van der Waals surface area (Å²) in [5, 5.41) is 3.10. The molecule has 2 saturated heterocycles. The molecule has 2 fully saturated rings. The van der Waals surface area contributed by atoms with Gasteiger partial charge in [0, 0.05) is 55.7 Å². The van der Waals surface area contributed by atoms with Gasteiger partial charge in [-0.3, -0.25) is 14.4 Å². The van der Waals surface area contributed by atoms with Crippen molar-refractivity contribution in [2.75, 3.05) is 39.4 Å². The minimum Gasteiger partial charge on any atom is -0.379 e. The van der Waals surface area contributed by atoms with E-state index in [2.05, 4.69) is 37.7 Å². The zero-order valence-corrected chi connectivity index (χ0v) is 14.2. The van der Waals surface area contributed by atoms with Crippen molar-refractivity contribution in [1.29, 1.82) is 0 Å². The molecular formula is C17H24N4OS. The molecule has 2 aromatic heterocycles. The third-order valence-corrected chi connectivity index (χ3v) is 5.66. The van der Waals surface area contributed by atoms with E-state index in [-0.39, 0.29) is 0 Å². The van der Waals surface area contributed by atoms with Crippen LogP contribution < -0.4 is 0 Å². The van der Waals surface area contributed by atoms with Gasteiger partial charge in [-0.2, -0.15) is 0 Å². The maximum atomic E-state index is 5.50. The van der Waals surface area contributed by atoms with Crippen LogP contribution in [0.5, 0.6) is 0 Å². The van der Waals surface area contributed by atoms with E-state index in [0.29, 0.717) is 6.04 Å². The molecular weight excluding hydrogens is 308 g/mol. The van der Waals surface area contributed by atoms with Gasteiger partial charge in [-0.15, -0.1) is 11.3 Å². The number of morpholine rings is 1. The van der Waals surface area contributed by atoms with E-state index in [1.54, 1.807) is 11.3 Å². The maximum absolute atomic E-state index is 5.50. The Morgan fingerprint density at radius 1 is 1.26 bits per heavy atom. The summed E-state index contributed by atoms with van der Waals surface area (Å²) in [6.07, 6.45) is 6.61. The van der Waals surface area contributed by atoms with Crippen molar-refractivity contribution >= 4 is 11.3 Å². The summed E-state index contributed by atoms with van der Waals surface area (Å²) in [6, 6.07) is 5.04. The molecule has 4 rings (SSSR count). The van der Waals surface area contributed by atoms with Crippen molar-refractivity contribution in [3.8, 4) is 5.13 Å². The lowest BCUT2D eigenvalue weighted by Gasteiger charge is -2.40. The third kappa shape index (κ3) is 3.50. The molecule has 4 heterocycles. The predicted molar refractivity (Wildman–Crippen MR) is 92.1 cm³/mol. The highest BCUT2D eigenvalue weighted by atomic mass is 32.1. The summed E-state index contributed by atoms with van der Waals surface area (Å²) in [7, 11) is 0. The number of rotatable bonds is 4. The molecule has 0 radical (unpaired) electrons. The molecule has 2 aliphatic rings. The first kappa shape index (κ1) is 15.3. The van der Waals surface area contributed by atoms with Crippen LogP contribution in [0.25, 0.3) is 5.13 Å². The van der Waals surface area contributed by atoms with Crippen molar-refractivity contribution in [2.24, 2.45) is 0 Å². The van der Waals surface area contributed by atoms with Gasteiger partial charge >= 0.3 is 0 Å². The first-order valence-electron chi connectivity index (χ1n) is 8.50. The van der Waals surface area contributed by atoms with Gasteiger partial charge < -0.3 is 4.74 Å². The van der Waals surface area contributed by atoms with Gasteiger partial charge in [0.1, 0.15) is 0 Å². The van der Waals surface area contributed by atoms with Crippen molar-refractivity contribution < 1.29 is 4.74 Å². The Labute approximate surface area is 141 Å². The van der Waals surface area contributed by atoms with Gasteiger partial charge in [-0.1, -0.05) is 0 Å². The molecule has 0 bridgehead atoms. The van der Waals surface area contributed by atoms with Crippen LogP contribution >= 0.6 is 11.3 Å². The fourth-order valence-corrected chi connectivity index (χ4v) is 4.37. The van der Waals surface area contributed by atoms with E-state index in [0.717, 1.165) is 38.0 Å². The van der Waals surface area contributed by atoms with Gasteiger partial charge in [0.15, 0.2) is 5.13 Å². The van der Waals surface area contributed by atoms with E-state index >= 15 is 0 Å². The van der Waals surface area contributed by atoms with Crippen LogP contribution in [0, 0.1) is 0 Å². The third-order valence-electron chi connectivity index (χ3n) is 4.89. The zero-order valence-electron chi connectivity index (χ0n) is 13.4. The number of thiazole rings is 1. The van der Waals surface area contributed by atoms with Gasteiger partial charge in [0.05, 0.1) is 13.2 Å². The highest BCUT2D eigenvalue weighted by molar-refractivity contribution is 7.12. The minimum atomic E-state index is 0.691. The van der Waals surface area contributed by atoms with Crippen LogP contribution in [0.4, 0.5) is 0 Å². The van der Waals surface area contributed by atoms with Crippen molar-refractivity contribution in [2.45, 2.75) is 25.4 Å². The lowest BCUT2D eigenvalue weighted by atomic mass is 10.0. The Balaban J connectivity index is 1.42. The second kappa shape index (κ2) is 7.13. The van der Waals surface area contributed by atoms with Crippen LogP contribution in [0.15, 0.2) is 29.9 Å². The number of piperidine rings is 1. The number of hydrogen-bond acceptors (Lipinski definition) is 5. The summed E-state index contributed by atoms with van der Waals surface area (Å²) in [6.45, 7) is 7.34. The Hall–Kier alpha value is -1.21. The molecule has 2 aliphatic heterocycles. The van der Waals surface area contributed by atoms with Crippen LogP contribution in [-0.4, -0.2) is 64.8 Å². The lowest BCUT2D eigenvalue weighted by Crippen LogP contribution is -2.51. The lowest BCUT2D eigenvalue weighted by molar-refractivity contribution is -0.00376. The quantitative estimate of drug-likeness (QED) is 0.860. The summed E-state index contributed by atoms with van der Waals surface area (Å²) in [4.78, 5) is 9.66. The molecule has 0 spiro atoms. The molecule has 23 heavy (non-hydrogen) atoms. The Kier molecular flexibility index (Phi) is 4.75. The van der Waals surface area contributed by atoms with E-state index in [1.165, 1.54) is 31.6 Å². The smallest absolute Gasteiger partial charge is 0.193 e. The van der Waals surface area contributed by atoms with Gasteiger partial charge in [-0.05, 0) is 31.5 Å². The fourth-order valence-electron chi connectivity index (χ4n) is 3.71. The number of nitrogens with zero attached hydrogens (tertiary/aromatic N) is 4. The normalized spacial score (nSPS) is 24.1. The van der Waals surface area contributed by atoms with Crippen molar-refractivity contribution in [3.05, 3.63) is 35.6 Å². The highest BCUT2D eigenvalue weighted by Crippen LogP contribution is 2.21. The van der Waals surface area contributed by atoms with Crippen LogP contribution in [0.2, 0.25) is 0 Å². The molecule has 0 N–H and O–H groups in total. The zero-order chi connectivity index (χ0) is 15.5. The van der Waals surface area contributed by atoms with Crippen molar-refractivity contribution in [1.82, 2.24) is 19.4 Å². The molecule has 6 heteroatoms. The summed E-state index contributed by atoms with van der Waals surface area (Å²) in [5.74, 6) is 0. The molecule has 0 aromatic carbocycles. The largest absolute Gasteiger partial charge is 0.379 e. The maximum Gasteiger partial charge on any atom is 0.193 e. The van der Waals surface area contributed by atoms with Gasteiger partial charge in [0.2, 0.25) is 0 Å². The van der Waals surface area contributed by atoms with Gasteiger partial charge in [0.25, 0.3) is 0 Å². The molecule has 0 saturated carbocycles. The summed E-state index contributed by atoms with van der Waals surface area (Å²) in [5.41, 5.74) is 1.34. The average molecular weight is 332 g/mol. The monoisotopic (exact) mass is 332 g/mol. The van der Waals surface area contributed by atoms with Crippen LogP contribution in [0.3, 0.4) is 0 Å². The standard InChI is InChI=1S/C17H24N4OS/c1-3-15(20-8-10-22-11-9-20)13-19(6-1)14-16-4-2-7-21(16)17-18-5-12-23-17/h2,4-5,7,12,15H,1,3,6,8-11,13-14H2. The minimum absolute atomic E-state index is 0.691. The van der Waals surface area contributed by atoms with Crippen LogP contribution in [-0.2, 0) is 11.3 Å². The Morgan fingerprint density at radius 2 is 2.17 bits per heavy atom. The number of ether oxygens (including phenoxy) is 1. The molecule has 124 valence electrons. The van der Waals surface area contributed by atoms with Crippen molar-refractivity contribution in [3.63, 3.8) is 0 Å². The first-order valence-corrected chi connectivity index (χ1v) is 9.38. The highest BCUT2D eigenvalue weighted by Gasteiger charge is 2.26. The Bertz CT molecular complexity index is 606. The topological polar surface area (TPSA) is 33.5 Å². The second-order valence-electron chi connectivity index (χ2n) is 6.36. The van der Waals surface area contributed by atoms with Gasteiger partial charge in [-0.25, -0.2) is 4.98 Å². The van der Waals surface area contributed by atoms with E-state index in [1.807, 2.05) is 11.6 Å². The second-order valence-corrected chi connectivity index (χ2v) is 7.24. The molecule has 1 unspecified atom stereocenters. The number of aromatic nitrogens is 2.